The van der Waals surface area contributed by atoms with Crippen LogP contribution in [0.3, 0.4) is 0 Å². The van der Waals surface area contributed by atoms with Crippen LogP contribution < -0.4 is 5.73 Å². The molecule has 0 unspecified atom stereocenters. The number of halogens is 6. The van der Waals surface area contributed by atoms with Crippen LogP contribution in [0.25, 0.3) is 4.85 Å². The van der Waals surface area contributed by atoms with Gasteiger partial charge in [-0.05, 0) is 23.8 Å². The SMILES string of the molecule is [C-]#[N+]c1ccc(C(=O)Cc2ccc(F)c([C@]3(C(F)F)C[C@H](C(F)(F)F)OC(N)=N3)c2)nc1. The maximum Gasteiger partial charge on any atom is 0.425 e. The van der Waals surface area contributed by atoms with E-state index < -0.39 is 60.3 Å². The lowest BCUT2D eigenvalue weighted by molar-refractivity contribution is -0.213. The molecule has 12 heteroatoms. The molecule has 1 aromatic carbocycles. The van der Waals surface area contributed by atoms with Crippen molar-refractivity contribution in [1.82, 2.24) is 4.98 Å². The Hall–Kier alpha value is -3.62. The van der Waals surface area contributed by atoms with Gasteiger partial charge in [0.05, 0.1) is 6.57 Å². The highest BCUT2D eigenvalue weighted by molar-refractivity contribution is 5.96. The average molecular weight is 456 g/mol. The zero-order valence-corrected chi connectivity index (χ0v) is 16.0. The average Bonchev–Trinajstić information content (AvgIpc) is 2.73. The number of ketones is 1. The van der Waals surface area contributed by atoms with Crippen LogP contribution in [0.5, 0.6) is 0 Å². The number of amidine groups is 1. The Balaban J connectivity index is 1.99. The first kappa shape index (κ1) is 23.1. The van der Waals surface area contributed by atoms with Crippen LogP contribution in [0.15, 0.2) is 41.5 Å². The normalized spacial score (nSPS) is 20.9. The summed E-state index contributed by atoms with van der Waals surface area (Å²) in [4.78, 5) is 22.8. The van der Waals surface area contributed by atoms with Crippen LogP contribution in [0, 0.1) is 12.4 Å². The molecule has 1 aliphatic rings. The molecule has 0 bridgehead atoms. The number of ether oxygens (including phenoxy) is 1. The minimum atomic E-state index is -5.05. The Bertz CT molecular complexity index is 1090. The number of hydrogen-bond acceptors (Lipinski definition) is 5. The number of Topliss-reactive ketones (excluding diaryl/α,β-unsaturated/α-hetero) is 1. The Morgan fingerprint density at radius 1 is 1.31 bits per heavy atom. The molecule has 0 saturated carbocycles. The van der Waals surface area contributed by atoms with E-state index in [0.29, 0.717) is 0 Å². The molecular formula is C20H14F6N4O2. The van der Waals surface area contributed by atoms with Gasteiger partial charge in [0.15, 0.2) is 17.4 Å². The standard InChI is InChI=1S/C20H14F6N4O2/c1-28-11-3-5-14(29-9-11)15(31)7-10-2-4-13(21)12(6-10)19(17(22)23)8-16(20(24,25)26)32-18(27)30-19/h2-6,9,16-17H,7-8H2,(H2,27,30)/t16-,19+/m1/s1. The van der Waals surface area contributed by atoms with Crippen molar-refractivity contribution >= 4 is 17.5 Å². The van der Waals surface area contributed by atoms with E-state index in [1.807, 2.05) is 0 Å². The van der Waals surface area contributed by atoms with Gasteiger partial charge in [-0.25, -0.2) is 23.0 Å². The Labute approximate surface area is 177 Å². The zero-order chi connectivity index (χ0) is 23.7. The van der Waals surface area contributed by atoms with Crippen molar-refractivity contribution in [2.75, 3.05) is 0 Å². The van der Waals surface area contributed by atoms with Crippen molar-refractivity contribution in [3.05, 3.63) is 70.6 Å². The third kappa shape index (κ3) is 4.51. The van der Waals surface area contributed by atoms with Gasteiger partial charge in [-0.15, -0.1) is 0 Å². The predicted octanol–water partition coefficient (Wildman–Crippen LogP) is 4.32. The fourth-order valence-corrected chi connectivity index (χ4v) is 3.25. The van der Waals surface area contributed by atoms with Crippen molar-refractivity contribution in [2.24, 2.45) is 10.7 Å². The van der Waals surface area contributed by atoms with Crippen molar-refractivity contribution < 1.29 is 35.9 Å². The molecule has 0 aliphatic carbocycles. The molecule has 6 nitrogen and oxygen atoms in total. The Morgan fingerprint density at radius 3 is 2.59 bits per heavy atom. The molecule has 0 saturated heterocycles. The number of aliphatic imine (C=N–C) groups is 1. The molecule has 168 valence electrons. The summed E-state index contributed by atoms with van der Waals surface area (Å²) in [6.07, 6.45) is -12.0. The van der Waals surface area contributed by atoms with Crippen LogP contribution in [-0.4, -0.2) is 35.5 Å². The van der Waals surface area contributed by atoms with Gasteiger partial charge in [-0.1, -0.05) is 12.1 Å². The minimum Gasteiger partial charge on any atom is -0.452 e. The highest BCUT2D eigenvalue weighted by atomic mass is 19.4. The van der Waals surface area contributed by atoms with Crippen LogP contribution >= 0.6 is 0 Å². The molecule has 2 aromatic rings. The summed E-state index contributed by atoms with van der Waals surface area (Å²) in [5, 5.41) is 0. The van der Waals surface area contributed by atoms with Gasteiger partial charge < -0.3 is 10.5 Å². The van der Waals surface area contributed by atoms with Crippen LogP contribution in [0.2, 0.25) is 0 Å². The number of carbonyl (C=O) groups is 1. The van der Waals surface area contributed by atoms with Gasteiger partial charge in [-0.2, -0.15) is 13.2 Å². The molecule has 32 heavy (non-hydrogen) atoms. The maximum atomic E-state index is 14.6. The van der Waals surface area contributed by atoms with Crippen molar-refractivity contribution in [3.63, 3.8) is 0 Å². The number of nitrogens with zero attached hydrogens (tertiary/aromatic N) is 3. The van der Waals surface area contributed by atoms with Gasteiger partial charge >= 0.3 is 6.18 Å². The number of aromatic nitrogens is 1. The molecule has 0 amide bonds. The lowest BCUT2D eigenvalue weighted by Gasteiger charge is -2.37. The van der Waals surface area contributed by atoms with E-state index in [1.165, 1.54) is 18.3 Å². The molecule has 2 N–H and O–H groups in total. The molecule has 2 heterocycles. The predicted molar refractivity (Wildman–Crippen MR) is 99.8 cm³/mol. The smallest absolute Gasteiger partial charge is 0.425 e. The van der Waals surface area contributed by atoms with Crippen molar-refractivity contribution in [2.45, 2.75) is 37.1 Å². The highest BCUT2D eigenvalue weighted by Crippen LogP contribution is 2.45. The number of benzene rings is 1. The monoisotopic (exact) mass is 456 g/mol. The number of nitrogens with two attached hydrogens (primary N) is 1. The highest BCUT2D eigenvalue weighted by Gasteiger charge is 2.56. The summed E-state index contributed by atoms with van der Waals surface area (Å²) < 4.78 is 86.6. The first-order valence-electron chi connectivity index (χ1n) is 8.98. The lowest BCUT2D eigenvalue weighted by atomic mass is 9.82. The van der Waals surface area contributed by atoms with Gasteiger partial charge in [0, 0.05) is 24.6 Å². The van der Waals surface area contributed by atoms with E-state index in [9.17, 15) is 31.1 Å². The number of pyridine rings is 1. The molecule has 0 fully saturated rings. The quantitative estimate of drug-likeness (QED) is 0.413. The van der Waals surface area contributed by atoms with Gasteiger partial charge in [0.1, 0.15) is 11.5 Å². The first-order valence-corrected chi connectivity index (χ1v) is 8.98. The first-order chi connectivity index (χ1) is 15.0. The van der Waals surface area contributed by atoms with E-state index >= 15 is 0 Å². The van der Waals surface area contributed by atoms with Crippen molar-refractivity contribution in [3.8, 4) is 0 Å². The number of carbonyl (C=O) groups excluding carboxylic acids is 1. The molecule has 1 aromatic heterocycles. The number of hydrogen-bond donors (Lipinski definition) is 1. The van der Waals surface area contributed by atoms with E-state index in [1.54, 1.807) is 0 Å². The van der Waals surface area contributed by atoms with Gasteiger partial charge in [-0.3, -0.25) is 9.78 Å². The second-order valence-corrected chi connectivity index (χ2v) is 6.95. The molecule has 0 radical (unpaired) electrons. The summed E-state index contributed by atoms with van der Waals surface area (Å²) >= 11 is 0. The van der Waals surface area contributed by atoms with Gasteiger partial charge in [0.25, 0.3) is 12.4 Å². The summed E-state index contributed by atoms with van der Waals surface area (Å²) in [6, 6.07) is 4.26. The fourth-order valence-electron chi connectivity index (χ4n) is 3.25. The zero-order valence-electron chi connectivity index (χ0n) is 16.0. The van der Waals surface area contributed by atoms with E-state index in [-0.39, 0.29) is 16.9 Å². The van der Waals surface area contributed by atoms with Gasteiger partial charge in [0.2, 0.25) is 5.69 Å². The van der Waals surface area contributed by atoms with Crippen LogP contribution in [-0.2, 0) is 16.7 Å². The fraction of sp³-hybridized carbons (Fsp3) is 0.300. The Morgan fingerprint density at radius 2 is 2.03 bits per heavy atom. The summed E-state index contributed by atoms with van der Waals surface area (Å²) in [5.41, 5.74) is 1.64. The molecule has 3 rings (SSSR count). The number of rotatable bonds is 5. The summed E-state index contributed by atoms with van der Waals surface area (Å²) in [6.45, 7) is 6.87. The topological polar surface area (TPSA) is 81.9 Å². The van der Waals surface area contributed by atoms with E-state index in [0.717, 1.165) is 18.2 Å². The van der Waals surface area contributed by atoms with Crippen LogP contribution in [0.4, 0.5) is 32.0 Å². The van der Waals surface area contributed by atoms with Crippen molar-refractivity contribution in [1.29, 1.82) is 0 Å². The lowest BCUT2D eigenvalue weighted by Crippen LogP contribution is -2.50. The maximum absolute atomic E-state index is 14.6. The van der Waals surface area contributed by atoms with E-state index in [4.69, 9.17) is 12.3 Å². The second kappa shape index (κ2) is 8.49. The minimum absolute atomic E-state index is 0.0303. The Kier molecular flexibility index (Phi) is 6.11. The van der Waals surface area contributed by atoms with E-state index in [2.05, 4.69) is 19.6 Å². The molecule has 1 aliphatic heterocycles. The third-order valence-electron chi connectivity index (χ3n) is 4.82. The largest absolute Gasteiger partial charge is 0.452 e. The number of alkyl halides is 5. The third-order valence-corrected chi connectivity index (χ3v) is 4.82. The molecule has 2 atom stereocenters. The second-order valence-electron chi connectivity index (χ2n) is 6.95. The summed E-state index contributed by atoms with van der Waals surface area (Å²) in [5.74, 6) is -1.81. The summed E-state index contributed by atoms with van der Waals surface area (Å²) in [7, 11) is 0. The molecule has 0 spiro atoms. The van der Waals surface area contributed by atoms with Crippen LogP contribution in [0.1, 0.15) is 28.0 Å². The molecular weight excluding hydrogens is 442 g/mol.